The fraction of sp³-hybridized carbons (Fsp3) is 0.111. The summed E-state index contributed by atoms with van der Waals surface area (Å²) in [6.45, 7) is 1.66. The average molecular weight is 333 g/mol. The first-order valence-electron chi connectivity index (χ1n) is 7.84. The maximum absolute atomic E-state index is 12.3. The summed E-state index contributed by atoms with van der Waals surface area (Å²) in [5.41, 5.74) is 2.16. The highest BCUT2D eigenvalue weighted by Gasteiger charge is 2.17. The van der Waals surface area contributed by atoms with Crippen LogP contribution in [0.2, 0.25) is 0 Å². The van der Waals surface area contributed by atoms with E-state index < -0.39 is 6.10 Å². The Kier molecular flexibility index (Phi) is 3.74. The van der Waals surface area contributed by atoms with E-state index in [0.29, 0.717) is 16.9 Å². The molecule has 0 bridgehead atoms. The molecular formula is C18H15N5O2. The Morgan fingerprint density at radius 3 is 2.68 bits per heavy atom. The Labute approximate surface area is 143 Å². The molecule has 0 spiro atoms. The first kappa shape index (κ1) is 15.1. The minimum atomic E-state index is -0.690. The van der Waals surface area contributed by atoms with Crippen molar-refractivity contribution in [3.63, 3.8) is 0 Å². The van der Waals surface area contributed by atoms with Crippen LogP contribution in [0.25, 0.3) is 22.1 Å². The van der Waals surface area contributed by atoms with Crippen molar-refractivity contribution >= 4 is 33.9 Å². The Bertz CT molecular complexity index is 1050. The second kappa shape index (κ2) is 6.20. The third-order valence-electron chi connectivity index (χ3n) is 3.78. The zero-order valence-corrected chi connectivity index (χ0v) is 13.4. The zero-order chi connectivity index (χ0) is 17.2. The minimum Gasteiger partial charge on any atom is -0.481 e. The van der Waals surface area contributed by atoms with E-state index in [1.807, 2.05) is 42.5 Å². The number of nitrogens with zero attached hydrogens (tertiary/aromatic N) is 3. The van der Waals surface area contributed by atoms with Gasteiger partial charge in [-0.25, -0.2) is 0 Å². The topological polar surface area (TPSA) is 92.8 Å². The van der Waals surface area contributed by atoms with E-state index in [1.165, 1.54) is 0 Å². The molecule has 0 aliphatic heterocycles. The molecule has 25 heavy (non-hydrogen) atoms. The molecule has 2 aromatic carbocycles. The third kappa shape index (κ3) is 2.99. The van der Waals surface area contributed by atoms with Crippen LogP contribution in [0, 0.1) is 0 Å². The number of ether oxygens (including phenoxy) is 1. The lowest BCUT2D eigenvalue weighted by Crippen LogP contribution is -2.30. The molecule has 0 radical (unpaired) electrons. The zero-order valence-electron chi connectivity index (χ0n) is 13.4. The summed E-state index contributed by atoms with van der Waals surface area (Å²) in [4.78, 5) is 19.8. The van der Waals surface area contributed by atoms with Gasteiger partial charge in [-0.3, -0.25) is 10.1 Å². The van der Waals surface area contributed by atoms with Gasteiger partial charge in [-0.05, 0) is 25.1 Å². The Balaban J connectivity index is 1.53. The number of carbonyl (C=O) groups is 1. The summed E-state index contributed by atoms with van der Waals surface area (Å²) < 4.78 is 5.59. The summed E-state index contributed by atoms with van der Waals surface area (Å²) in [6.07, 6.45) is -0.690. The Morgan fingerprint density at radius 1 is 1.08 bits per heavy atom. The predicted octanol–water partition coefficient (Wildman–Crippen LogP) is 2.91. The number of aromatic nitrogens is 4. The number of fused-ring (bicyclic) bond motifs is 3. The second-order valence-electron chi connectivity index (χ2n) is 5.57. The molecule has 4 rings (SSSR count). The Morgan fingerprint density at radius 2 is 1.84 bits per heavy atom. The van der Waals surface area contributed by atoms with Crippen LogP contribution < -0.4 is 10.1 Å². The fourth-order valence-electron chi connectivity index (χ4n) is 2.54. The summed E-state index contributed by atoms with van der Waals surface area (Å²) in [6, 6.07) is 16.9. The van der Waals surface area contributed by atoms with E-state index in [-0.39, 0.29) is 11.9 Å². The molecule has 2 aromatic heterocycles. The first-order valence-corrected chi connectivity index (χ1v) is 7.84. The van der Waals surface area contributed by atoms with Gasteiger partial charge in [0.05, 0.1) is 0 Å². The van der Waals surface area contributed by atoms with Crippen LogP contribution >= 0.6 is 0 Å². The molecule has 0 saturated carbocycles. The van der Waals surface area contributed by atoms with Crippen molar-refractivity contribution in [3.8, 4) is 5.75 Å². The van der Waals surface area contributed by atoms with E-state index in [0.717, 1.165) is 10.9 Å². The van der Waals surface area contributed by atoms with Gasteiger partial charge in [0.15, 0.2) is 11.8 Å². The van der Waals surface area contributed by atoms with E-state index in [9.17, 15) is 4.79 Å². The Hall–Kier alpha value is -3.48. The molecular weight excluding hydrogens is 318 g/mol. The van der Waals surface area contributed by atoms with Crippen LogP contribution in [-0.2, 0) is 4.79 Å². The van der Waals surface area contributed by atoms with Gasteiger partial charge in [-0.15, -0.1) is 10.2 Å². The standard InChI is InChI=1S/C18H15N5O2/c1-11(25-12-7-3-2-4-8-12)17(24)21-18-20-16-15(22-23-18)13-9-5-6-10-14(13)19-16/h2-11H,1H3,(H2,19,20,21,23,24)/t11-/m1/s1. The molecule has 4 aromatic rings. The number of aromatic amines is 1. The number of amides is 1. The molecule has 1 amide bonds. The number of anilines is 1. The van der Waals surface area contributed by atoms with Crippen molar-refractivity contribution in [3.05, 3.63) is 54.6 Å². The monoisotopic (exact) mass is 333 g/mol. The lowest BCUT2D eigenvalue weighted by molar-refractivity contribution is -0.122. The lowest BCUT2D eigenvalue weighted by atomic mass is 10.2. The molecule has 2 heterocycles. The van der Waals surface area contributed by atoms with E-state index >= 15 is 0 Å². The van der Waals surface area contributed by atoms with Gasteiger partial charge < -0.3 is 9.72 Å². The number of hydrogen-bond donors (Lipinski definition) is 2. The van der Waals surface area contributed by atoms with Crippen LogP contribution in [0.4, 0.5) is 5.95 Å². The minimum absolute atomic E-state index is 0.132. The molecule has 0 unspecified atom stereocenters. The first-order chi connectivity index (χ1) is 12.2. The molecule has 1 atom stereocenters. The van der Waals surface area contributed by atoms with Crippen molar-refractivity contribution in [2.45, 2.75) is 13.0 Å². The smallest absolute Gasteiger partial charge is 0.267 e. The summed E-state index contributed by atoms with van der Waals surface area (Å²) in [5.74, 6) is 0.406. The summed E-state index contributed by atoms with van der Waals surface area (Å²) in [5, 5.41) is 11.7. The molecule has 0 aliphatic carbocycles. The van der Waals surface area contributed by atoms with Gasteiger partial charge >= 0.3 is 0 Å². The van der Waals surface area contributed by atoms with Crippen molar-refractivity contribution in [1.82, 2.24) is 20.2 Å². The number of para-hydroxylation sites is 2. The number of nitrogens with one attached hydrogen (secondary N) is 2. The highest BCUT2D eigenvalue weighted by Crippen LogP contribution is 2.21. The molecule has 0 aliphatic rings. The van der Waals surface area contributed by atoms with Gasteiger partial charge in [-0.1, -0.05) is 36.4 Å². The number of benzene rings is 2. The summed E-state index contributed by atoms with van der Waals surface area (Å²) >= 11 is 0. The van der Waals surface area contributed by atoms with Gasteiger partial charge in [0.2, 0.25) is 0 Å². The number of hydrogen-bond acceptors (Lipinski definition) is 5. The van der Waals surface area contributed by atoms with Crippen LogP contribution in [0.5, 0.6) is 5.75 Å². The van der Waals surface area contributed by atoms with Gasteiger partial charge in [0, 0.05) is 10.9 Å². The fourth-order valence-corrected chi connectivity index (χ4v) is 2.54. The second-order valence-corrected chi connectivity index (χ2v) is 5.57. The van der Waals surface area contributed by atoms with Crippen LogP contribution in [0.3, 0.4) is 0 Å². The van der Waals surface area contributed by atoms with E-state index in [1.54, 1.807) is 19.1 Å². The molecule has 2 N–H and O–H groups in total. The molecule has 0 saturated heterocycles. The normalized spacial score (nSPS) is 12.2. The van der Waals surface area contributed by atoms with Crippen molar-refractivity contribution in [1.29, 1.82) is 0 Å². The summed E-state index contributed by atoms with van der Waals surface area (Å²) in [7, 11) is 0. The highest BCUT2D eigenvalue weighted by molar-refractivity contribution is 6.03. The predicted molar refractivity (Wildman–Crippen MR) is 94.4 cm³/mol. The van der Waals surface area contributed by atoms with E-state index in [4.69, 9.17) is 4.74 Å². The van der Waals surface area contributed by atoms with Crippen molar-refractivity contribution < 1.29 is 9.53 Å². The number of H-pyrrole nitrogens is 1. The molecule has 7 heteroatoms. The van der Waals surface area contributed by atoms with Gasteiger partial charge in [0.1, 0.15) is 11.3 Å². The van der Waals surface area contributed by atoms with Crippen molar-refractivity contribution in [2.24, 2.45) is 0 Å². The molecule has 7 nitrogen and oxygen atoms in total. The van der Waals surface area contributed by atoms with Gasteiger partial charge in [0.25, 0.3) is 11.9 Å². The molecule has 0 fully saturated rings. The maximum Gasteiger partial charge on any atom is 0.267 e. The van der Waals surface area contributed by atoms with Crippen LogP contribution in [0.15, 0.2) is 54.6 Å². The van der Waals surface area contributed by atoms with Gasteiger partial charge in [-0.2, -0.15) is 4.98 Å². The largest absolute Gasteiger partial charge is 0.481 e. The maximum atomic E-state index is 12.3. The van der Waals surface area contributed by atoms with Crippen LogP contribution in [0.1, 0.15) is 6.92 Å². The highest BCUT2D eigenvalue weighted by atomic mass is 16.5. The average Bonchev–Trinajstić information content (AvgIpc) is 3.00. The SMILES string of the molecule is C[C@@H](Oc1ccccc1)C(=O)Nc1nnc2c(n1)[nH]c1ccccc12. The molecule has 124 valence electrons. The van der Waals surface area contributed by atoms with Crippen LogP contribution in [-0.4, -0.2) is 32.2 Å². The quantitative estimate of drug-likeness (QED) is 0.599. The third-order valence-corrected chi connectivity index (χ3v) is 3.78. The number of rotatable bonds is 4. The van der Waals surface area contributed by atoms with E-state index in [2.05, 4.69) is 25.5 Å². The number of carbonyl (C=O) groups excluding carboxylic acids is 1. The van der Waals surface area contributed by atoms with Crippen molar-refractivity contribution in [2.75, 3.05) is 5.32 Å². The lowest BCUT2D eigenvalue weighted by Gasteiger charge is -2.13.